The number of hydrogen-bond acceptors (Lipinski definition) is 3. The standard InChI is InChI=1S/C13H28N4O2.HI/c1-12(2,3)16-10(14)15-8-9-17(7)11(18)19-13(4,5)6;/h8-9H2,1-7H3,(H3,14,15,16);1H. The largest absolute Gasteiger partial charge is 0.444 e. The van der Waals surface area contributed by atoms with Crippen LogP contribution in [0.3, 0.4) is 0 Å². The molecule has 0 spiro atoms. The van der Waals surface area contributed by atoms with E-state index in [-0.39, 0.29) is 35.6 Å². The van der Waals surface area contributed by atoms with Gasteiger partial charge in [-0.3, -0.25) is 4.99 Å². The van der Waals surface area contributed by atoms with Gasteiger partial charge in [0.15, 0.2) is 5.96 Å². The number of likely N-dealkylation sites (N-methyl/N-ethyl adjacent to an activating group) is 1. The molecule has 0 aromatic heterocycles. The molecule has 20 heavy (non-hydrogen) atoms. The van der Waals surface area contributed by atoms with Crippen LogP contribution in [0.2, 0.25) is 0 Å². The van der Waals surface area contributed by atoms with Crippen LogP contribution < -0.4 is 11.1 Å². The lowest BCUT2D eigenvalue weighted by atomic mass is 10.1. The summed E-state index contributed by atoms with van der Waals surface area (Å²) in [5.74, 6) is 0.380. The molecule has 0 aliphatic rings. The predicted octanol–water partition coefficient (Wildman–Crippen LogP) is 2.17. The predicted molar refractivity (Wildman–Crippen MR) is 93.7 cm³/mol. The van der Waals surface area contributed by atoms with Crippen molar-refractivity contribution < 1.29 is 9.53 Å². The van der Waals surface area contributed by atoms with E-state index in [4.69, 9.17) is 10.5 Å². The average Bonchev–Trinajstić information content (AvgIpc) is 2.11. The molecule has 0 bridgehead atoms. The Kier molecular flexibility index (Phi) is 9.20. The van der Waals surface area contributed by atoms with Crippen LogP contribution >= 0.6 is 24.0 Å². The molecule has 0 unspecified atom stereocenters. The molecule has 0 saturated heterocycles. The number of rotatable bonds is 3. The van der Waals surface area contributed by atoms with Crippen LogP contribution in [0.15, 0.2) is 4.99 Å². The first kappa shape index (κ1) is 21.6. The van der Waals surface area contributed by atoms with E-state index in [1.54, 1.807) is 7.05 Å². The number of ether oxygens (including phenoxy) is 1. The van der Waals surface area contributed by atoms with Gasteiger partial charge in [0.2, 0.25) is 0 Å². The highest BCUT2D eigenvalue weighted by Crippen LogP contribution is 2.08. The van der Waals surface area contributed by atoms with Gasteiger partial charge in [-0.15, -0.1) is 24.0 Å². The van der Waals surface area contributed by atoms with Gasteiger partial charge in [0.1, 0.15) is 5.60 Å². The molecular weight excluding hydrogens is 371 g/mol. The summed E-state index contributed by atoms with van der Waals surface area (Å²) in [5.41, 5.74) is 5.12. The Hall–Kier alpha value is -0.730. The number of nitrogens with one attached hydrogen (secondary N) is 1. The number of guanidine groups is 1. The van der Waals surface area contributed by atoms with E-state index in [1.165, 1.54) is 4.90 Å². The minimum absolute atomic E-state index is 0. The number of hydrogen-bond donors (Lipinski definition) is 2. The molecule has 0 saturated carbocycles. The second-order valence-electron chi connectivity index (χ2n) is 6.54. The van der Waals surface area contributed by atoms with Gasteiger partial charge in [0, 0.05) is 19.1 Å². The Morgan fingerprint density at radius 2 is 1.75 bits per heavy atom. The van der Waals surface area contributed by atoms with Crippen LogP contribution in [-0.4, -0.2) is 48.2 Å². The van der Waals surface area contributed by atoms with Crippen molar-refractivity contribution in [3.05, 3.63) is 0 Å². The normalized spacial score (nSPS) is 12.4. The van der Waals surface area contributed by atoms with Gasteiger partial charge in [-0.25, -0.2) is 4.79 Å². The molecule has 0 radical (unpaired) electrons. The van der Waals surface area contributed by atoms with Gasteiger partial charge in [-0.1, -0.05) is 0 Å². The lowest BCUT2D eigenvalue weighted by Gasteiger charge is -2.24. The molecule has 0 aliphatic heterocycles. The van der Waals surface area contributed by atoms with Gasteiger partial charge in [0.05, 0.1) is 6.54 Å². The van der Waals surface area contributed by atoms with Crippen LogP contribution in [0.25, 0.3) is 0 Å². The van der Waals surface area contributed by atoms with Crippen LogP contribution in [0.4, 0.5) is 4.79 Å². The summed E-state index contributed by atoms with van der Waals surface area (Å²) in [5, 5.41) is 3.05. The fraction of sp³-hybridized carbons (Fsp3) is 0.846. The maximum Gasteiger partial charge on any atom is 0.410 e. The van der Waals surface area contributed by atoms with Gasteiger partial charge < -0.3 is 20.7 Å². The smallest absolute Gasteiger partial charge is 0.410 e. The average molecular weight is 400 g/mol. The molecule has 3 N–H and O–H groups in total. The van der Waals surface area contributed by atoms with Gasteiger partial charge in [0.25, 0.3) is 0 Å². The topological polar surface area (TPSA) is 80.0 Å². The third kappa shape index (κ3) is 12.3. The molecule has 7 heteroatoms. The number of amides is 1. The summed E-state index contributed by atoms with van der Waals surface area (Å²) in [6.07, 6.45) is -0.356. The Balaban J connectivity index is 0. The van der Waals surface area contributed by atoms with Crippen LogP contribution in [0.5, 0.6) is 0 Å². The van der Waals surface area contributed by atoms with E-state index in [0.29, 0.717) is 19.0 Å². The molecule has 0 aromatic rings. The Labute approximate surface area is 139 Å². The molecule has 0 aromatic carbocycles. The first-order chi connectivity index (χ1) is 8.41. The number of nitrogens with two attached hydrogens (primary N) is 1. The van der Waals surface area contributed by atoms with Crippen LogP contribution in [0.1, 0.15) is 41.5 Å². The van der Waals surface area contributed by atoms with Crippen molar-refractivity contribution in [3.8, 4) is 0 Å². The zero-order chi connectivity index (χ0) is 15.3. The second kappa shape index (κ2) is 8.53. The molecule has 0 rings (SSSR count). The Bertz CT molecular complexity index is 332. The van der Waals surface area contributed by atoms with Crippen molar-refractivity contribution in [3.63, 3.8) is 0 Å². The maximum absolute atomic E-state index is 11.7. The number of carbonyl (C=O) groups excluding carboxylic acids is 1. The minimum atomic E-state index is -0.485. The van der Waals surface area contributed by atoms with E-state index in [2.05, 4.69) is 10.3 Å². The Morgan fingerprint density at radius 3 is 2.15 bits per heavy atom. The second-order valence-corrected chi connectivity index (χ2v) is 6.54. The quantitative estimate of drug-likeness (QED) is 0.432. The van der Waals surface area contributed by atoms with Gasteiger partial charge in [-0.05, 0) is 41.5 Å². The molecule has 0 atom stereocenters. The molecule has 0 heterocycles. The molecule has 0 aliphatic carbocycles. The first-order valence-electron chi connectivity index (χ1n) is 6.43. The van der Waals surface area contributed by atoms with Crippen molar-refractivity contribution in [2.75, 3.05) is 20.1 Å². The van der Waals surface area contributed by atoms with E-state index in [9.17, 15) is 4.79 Å². The maximum atomic E-state index is 11.7. The lowest BCUT2D eigenvalue weighted by molar-refractivity contribution is 0.0304. The summed E-state index contributed by atoms with van der Waals surface area (Å²) in [6.45, 7) is 12.4. The van der Waals surface area contributed by atoms with Crippen molar-refractivity contribution in [1.29, 1.82) is 0 Å². The zero-order valence-electron chi connectivity index (χ0n) is 13.6. The minimum Gasteiger partial charge on any atom is -0.444 e. The van der Waals surface area contributed by atoms with Crippen molar-refractivity contribution in [1.82, 2.24) is 10.2 Å². The third-order valence-electron chi connectivity index (χ3n) is 1.93. The molecule has 1 amide bonds. The van der Waals surface area contributed by atoms with Crippen LogP contribution in [0, 0.1) is 0 Å². The molecule has 120 valence electrons. The van der Waals surface area contributed by atoms with E-state index in [0.717, 1.165) is 0 Å². The monoisotopic (exact) mass is 400 g/mol. The highest BCUT2D eigenvalue weighted by Gasteiger charge is 2.19. The first-order valence-corrected chi connectivity index (χ1v) is 6.43. The SMILES string of the molecule is CN(CCN=C(N)NC(C)(C)C)C(=O)OC(C)(C)C.I. The highest BCUT2D eigenvalue weighted by atomic mass is 127. The summed E-state index contributed by atoms with van der Waals surface area (Å²) >= 11 is 0. The fourth-order valence-electron chi connectivity index (χ4n) is 1.18. The molecule has 0 fully saturated rings. The number of halogens is 1. The van der Waals surface area contributed by atoms with Crippen molar-refractivity contribution in [2.24, 2.45) is 10.7 Å². The van der Waals surface area contributed by atoms with E-state index >= 15 is 0 Å². The van der Waals surface area contributed by atoms with Gasteiger partial charge in [-0.2, -0.15) is 0 Å². The molecular formula is C13H29IN4O2. The third-order valence-corrected chi connectivity index (χ3v) is 1.93. The summed E-state index contributed by atoms with van der Waals surface area (Å²) in [4.78, 5) is 17.3. The lowest BCUT2D eigenvalue weighted by Crippen LogP contribution is -2.45. The highest BCUT2D eigenvalue weighted by molar-refractivity contribution is 14.0. The van der Waals surface area contributed by atoms with Crippen LogP contribution in [-0.2, 0) is 4.74 Å². The van der Waals surface area contributed by atoms with E-state index < -0.39 is 5.60 Å². The zero-order valence-corrected chi connectivity index (χ0v) is 15.9. The number of carbonyl (C=O) groups is 1. The van der Waals surface area contributed by atoms with Crippen molar-refractivity contribution in [2.45, 2.75) is 52.7 Å². The summed E-state index contributed by atoms with van der Waals surface area (Å²) in [7, 11) is 1.68. The number of aliphatic imine (C=N–C) groups is 1. The van der Waals surface area contributed by atoms with E-state index in [1.807, 2.05) is 41.5 Å². The Morgan fingerprint density at radius 1 is 1.25 bits per heavy atom. The fourth-order valence-corrected chi connectivity index (χ4v) is 1.18. The summed E-state index contributed by atoms with van der Waals surface area (Å²) < 4.78 is 5.23. The van der Waals surface area contributed by atoms with Gasteiger partial charge >= 0.3 is 6.09 Å². The molecule has 6 nitrogen and oxygen atoms in total. The van der Waals surface area contributed by atoms with Crippen molar-refractivity contribution >= 4 is 36.0 Å². The number of nitrogens with zero attached hydrogens (tertiary/aromatic N) is 2. The summed E-state index contributed by atoms with van der Waals surface area (Å²) in [6, 6.07) is 0.